The summed E-state index contributed by atoms with van der Waals surface area (Å²) in [5, 5.41) is 0. The molecule has 3 heterocycles. The third-order valence-electron chi connectivity index (χ3n) is 5.39. The SMILES string of the molecule is C=Cc1cc(-c2ncc3c(n2)CC=C3c2cc(F)c3ncc(C)n3c2)ccc1N=C. The normalized spacial score (nSPS) is 12.7. The minimum absolute atomic E-state index is 0.331. The van der Waals surface area contributed by atoms with Gasteiger partial charge in [-0.15, -0.1) is 0 Å². The first-order valence-corrected chi connectivity index (χ1v) is 9.52. The number of rotatable bonds is 4. The molecule has 5 nitrogen and oxygen atoms in total. The van der Waals surface area contributed by atoms with Crippen molar-refractivity contribution in [2.75, 3.05) is 0 Å². The smallest absolute Gasteiger partial charge is 0.173 e. The van der Waals surface area contributed by atoms with Crippen LogP contribution in [0.3, 0.4) is 0 Å². The Balaban J connectivity index is 1.55. The molecule has 30 heavy (non-hydrogen) atoms. The van der Waals surface area contributed by atoms with Crippen LogP contribution in [0, 0.1) is 12.7 Å². The van der Waals surface area contributed by atoms with Crippen LogP contribution in [0.2, 0.25) is 0 Å². The summed E-state index contributed by atoms with van der Waals surface area (Å²) in [4.78, 5) is 17.5. The molecule has 1 aliphatic rings. The summed E-state index contributed by atoms with van der Waals surface area (Å²) in [6, 6.07) is 7.28. The van der Waals surface area contributed by atoms with Crippen LogP contribution in [0.4, 0.5) is 10.1 Å². The van der Waals surface area contributed by atoms with Gasteiger partial charge in [0.15, 0.2) is 17.3 Å². The first-order valence-electron chi connectivity index (χ1n) is 9.52. The fraction of sp³-hybridized carbons (Fsp3) is 0.0833. The predicted molar refractivity (Wildman–Crippen MR) is 117 cm³/mol. The van der Waals surface area contributed by atoms with Gasteiger partial charge >= 0.3 is 0 Å². The molecule has 1 aliphatic carbocycles. The standard InChI is InChI=1S/C24H18FN5/c1-4-15-9-16(5-7-21(15)26-3)23-27-12-19-18(6-8-22(19)29-23)17-10-20(25)24-28-11-14(2)30(24)13-17/h4-7,9-13H,1,3,8H2,2H3. The molecule has 0 bridgehead atoms. The third-order valence-corrected chi connectivity index (χ3v) is 5.39. The van der Waals surface area contributed by atoms with E-state index in [2.05, 4.69) is 34.3 Å². The van der Waals surface area contributed by atoms with E-state index in [9.17, 15) is 4.39 Å². The van der Waals surface area contributed by atoms with E-state index in [0.717, 1.165) is 44.9 Å². The van der Waals surface area contributed by atoms with Crippen LogP contribution in [-0.4, -0.2) is 26.1 Å². The number of imidazole rings is 1. The molecule has 5 rings (SSSR count). The number of hydrogen-bond acceptors (Lipinski definition) is 4. The number of fused-ring (bicyclic) bond motifs is 2. The molecule has 0 N–H and O–H groups in total. The lowest BCUT2D eigenvalue weighted by molar-refractivity contribution is 0.629. The van der Waals surface area contributed by atoms with Gasteiger partial charge in [0.05, 0.1) is 11.4 Å². The summed E-state index contributed by atoms with van der Waals surface area (Å²) in [7, 11) is 0. The lowest BCUT2D eigenvalue weighted by Crippen LogP contribution is -1.99. The molecule has 1 aromatic carbocycles. The Labute approximate surface area is 173 Å². The van der Waals surface area contributed by atoms with Crippen LogP contribution in [0.15, 0.2) is 60.5 Å². The molecule has 0 amide bonds. The third kappa shape index (κ3) is 2.76. The molecular weight excluding hydrogens is 377 g/mol. The van der Waals surface area contributed by atoms with Gasteiger partial charge in [-0.3, -0.25) is 4.99 Å². The molecule has 146 valence electrons. The van der Waals surface area contributed by atoms with Crippen molar-refractivity contribution in [2.45, 2.75) is 13.3 Å². The second-order valence-corrected chi connectivity index (χ2v) is 7.18. The van der Waals surface area contributed by atoms with Crippen molar-refractivity contribution < 1.29 is 4.39 Å². The summed E-state index contributed by atoms with van der Waals surface area (Å²) < 4.78 is 16.3. The molecular formula is C24H18FN5. The van der Waals surface area contributed by atoms with Crippen molar-refractivity contribution in [2.24, 2.45) is 4.99 Å². The number of pyridine rings is 1. The summed E-state index contributed by atoms with van der Waals surface area (Å²) in [5.41, 5.74) is 7.30. The molecule has 0 spiro atoms. The van der Waals surface area contributed by atoms with E-state index in [1.54, 1.807) is 16.7 Å². The Morgan fingerprint density at radius 2 is 2.03 bits per heavy atom. The first-order chi connectivity index (χ1) is 14.6. The number of nitrogens with zero attached hydrogens (tertiary/aromatic N) is 5. The fourth-order valence-corrected chi connectivity index (χ4v) is 3.83. The average Bonchev–Trinajstić information content (AvgIpc) is 3.36. The van der Waals surface area contributed by atoms with Crippen molar-refractivity contribution in [3.05, 3.63) is 89.4 Å². The number of benzene rings is 1. The van der Waals surface area contributed by atoms with Gasteiger partial charge in [0, 0.05) is 53.0 Å². The fourth-order valence-electron chi connectivity index (χ4n) is 3.83. The van der Waals surface area contributed by atoms with Gasteiger partial charge in [-0.25, -0.2) is 19.3 Å². The molecule has 0 fully saturated rings. The second kappa shape index (κ2) is 6.84. The van der Waals surface area contributed by atoms with Crippen molar-refractivity contribution >= 4 is 29.7 Å². The topological polar surface area (TPSA) is 55.4 Å². The van der Waals surface area contributed by atoms with E-state index in [4.69, 9.17) is 4.98 Å². The molecule has 0 radical (unpaired) electrons. The van der Waals surface area contributed by atoms with Crippen LogP contribution in [0.25, 0.3) is 28.7 Å². The van der Waals surface area contributed by atoms with Crippen LogP contribution >= 0.6 is 0 Å². The zero-order valence-corrected chi connectivity index (χ0v) is 16.4. The Morgan fingerprint density at radius 3 is 2.83 bits per heavy atom. The van der Waals surface area contributed by atoms with Gasteiger partial charge < -0.3 is 4.40 Å². The average molecular weight is 395 g/mol. The Morgan fingerprint density at radius 1 is 1.17 bits per heavy atom. The highest BCUT2D eigenvalue weighted by Gasteiger charge is 2.21. The van der Waals surface area contributed by atoms with E-state index < -0.39 is 0 Å². The van der Waals surface area contributed by atoms with Crippen molar-refractivity contribution in [1.29, 1.82) is 0 Å². The van der Waals surface area contributed by atoms with E-state index in [-0.39, 0.29) is 5.82 Å². The van der Waals surface area contributed by atoms with Crippen molar-refractivity contribution in [3.8, 4) is 11.4 Å². The highest BCUT2D eigenvalue weighted by atomic mass is 19.1. The predicted octanol–water partition coefficient (Wildman–Crippen LogP) is 5.20. The highest BCUT2D eigenvalue weighted by molar-refractivity contribution is 5.84. The lowest BCUT2D eigenvalue weighted by atomic mass is 10.0. The number of allylic oxidation sites excluding steroid dienone is 1. The quantitative estimate of drug-likeness (QED) is 0.446. The van der Waals surface area contributed by atoms with Crippen LogP contribution in [-0.2, 0) is 6.42 Å². The van der Waals surface area contributed by atoms with Crippen LogP contribution < -0.4 is 0 Å². The second-order valence-electron chi connectivity index (χ2n) is 7.18. The Hall–Kier alpha value is -3.93. The molecule has 3 aromatic heterocycles. The van der Waals surface area contributed by atoms with Gasteiger partial charge in [-0.2, -0.15) is 0 Å². The number of hydrogen-bond donors (Lipinski definition) is 0. The summed E-state index contributed by atoms with van der Waals surface area (Å²) in [6.45, 7) is 9.32. The van der Waals surface area contributed by atoms with Crippen molar-refractivity contribution in [3.63, 3.8) is 0 Å². The number of halogens is 1. The minimum atomic E-state index is -0.347. The molecule has 0 atom stereocenters. The molecule has 0 aliphatic heterocycles. The summed E-state index contributed by atoms with van der Waals surface area (Å²) >= 11 is 0. The van der Waals surface area contributed by atoms with Crippen LogP contribution in [0.1, 0.15) is 28.1 Å². The lowest BCUT2D eigenvalue weighted by Gasteiger charge is -2.10. The van der Waals surface area contributed by atoms with E-state index in [0.29, 0.717) is 17.9 Å². The Kier molecular flexibility index (Phi) is 4.13. The Bertz CT molecular complexity index is 1380. The maximum atomic E-state index is 14.5. The summed E-state index contributed by atoms with van der Waals surface area (Å²) in [6.07, 6.45) is 9.86. The number of aryl methyl sites for hydroxylation is 1. The summed E-state index contributed by atoms with van der Waals surface area (Å²) in [5.74, 6) is 0.287. The number of aliphatic imine (C=N–C) groups is 1. The van der Waals surface area contributed by atoms with Gasteiger partial charge in [-0.05, 0) is 43.5 Å². The van der Waals surface area contributed by atoms with E-state index in [1.165, 1.54) is 6.07 Å². The molecule has 4 aromatic rings. The maximum Gasteiger partial charge on any atom is 0.173 e. The zero-order chi connectivity index (χ0) is 20.8. The van der Waals surface area contributed by atoms with Gasteiger partial charge in [0.1, 0.15) is 0 Å². The van der Waals surface area contributed by atoms with Crippen molar-refractivity contribution in [1.82, 2.24) is 19.4 Å². The van der Waals surface area contributed by atoms with Gasteiger partial charge in [-0.1, -0.05) is 18.7 Å². The molecule has 0 saturated heterocycles. The van der Waals surface area contributed by atoms with Crippen LogP contribution in [0.5, 0.6) is 0 Å². The monoisotopic (exact) mass is 395 g/mol. The van der Waals surface area contributed by atoms with Gasteiger partial charge in [0.25, 0.3) is 0 Å². The van der Waals surface area contributed by atoms with E-state index in [1.807, 2.05) is 37.5 Å². The zero-order valence-electron chi connectivity index (χ0n) is 16.4. The molecule has 0 unspecified atom stereocenters. The molecule has 0 saturated carbocycles. The minimum Gasteiger partial charge on any atom is -0.301 e. The highest BCUT2D eigenvalue weighted by Crippen LogP contribution is 2.34. The largest absolute Gasteiger partial charge is 0.301 e. The van der Waals surface area contributed by atoms with E-state index >= 15 is 0 Å². The maximum absolute atomic E-state index is 14.5. The molecule has 6 heteroatoms. The van der Waals surface area contributed by atoms with Gasteiger partial charge in [0.2, 0.25) is 0 Å². The first kappa shape index (κ1) is 18.1. The number of aromatic nitrogens is 4.